The van der Waals surface area contributed by atoms with E-state index in [2.05, 4.69) is 25.3 Å². The summed E-state index contributed by atoms with van der Waals surface area (Å²) in [7, 11) is 0. The fourth-order valence-corrected chi connectivity index (χ4v) is 3.07. The summed E-state index contributed by atoms with van der Waals surface area (Å²) in [6, 6.07) is 7.49. The molecule has 3 aromatic rings. The fourth-order valence-electron chi connectivity index (χ4n) is 3.07. The summed E-state index contributed by atoms with van der Waals surface area (Å²) in [4.78, 5) is 23.2. The van der Waals surface area contributed by atoms with Crippen LogP contribution in [0.2, 0.25) is 0 Å². The average molecular weight is 337 g/mol. The Morgan fingerprint density at radius 3 is 2.68 bits per heavy atom. The van der Waals surface area contributed by atoms with Crippen LogP contribution in [-0.4, -0.2) is 34.1 Å². The maximum Gasteiger partial charge on any atom is 0.230 e. The highest BCUT2D eigenvalue weighted by molar-refractivity contribution is 5.94. The molecule has 25 heavy (non-hydrogen) atoms. The first-order chi connectivity index (χ1) is 12.3. The molecular formula is C18H19N5O2. The molecule has 0 spiro atoms. The molecule has 1 aliphatic rings. The number of amides is 1. The summed E-state index contributed by atoms with van der Waals surface area (Å²) in [5, 5.41) is 7.65. The molecule has 1 N–H and O–H groups in total. The second kappa shape index (κ2) is 6.88. The largest absolute Gasteiger partial charge is 0.356 e. The van der Waals surface area contributed by atoms with E-state index < -0.39 is 0 Å². The predicted molar refractivity (Wildman–Crippen MR) is 94.4 cm³/mol. The average Bonchev–Trinajstić information content (AvgIpc) is 3.06. The van der Waals surface area contributed by atoms with Crippen molar-refractivity contribution in [3.8, 4) is 0 Å². The van der Waals surface area contributed by atoms with E-state index in [0.717, 1.165) is 24.4 Å². The quantitative estimate of drug-likeness (QED) is 0.788. The van der Waals surface area contributed by atoms with Crippen LogP contribution in [0.4, 0.5) is 11.6 Å². The van der Waals surface area contributed by atoms with E-state index in [0.29, 0.717) is 17.0 Å². The Hall–Kier alpha value is -2.96. The molecule has 0 aliphatic carbocycles. The number of hydrogen-bond acceptors (Lipinski definition) is 6. The summed E-state index contributed by atoms with van der Waals surface area (Å²) in [6.07, 6.45) is 7.05. The van der Waals surface area contributed by atoms with Crippen molar-refractivity contribution in [2.75, 3.05) is 23.3 Å². The lowest BCUT2D eigenvalue weighted by molar-refractivity contribution is -0.115. The number of carbonyl (C=O) groups is 1. The minimum atomic E-state index is -0.173. The van der Waals surface area contributed by atoms with Crippen LogP contribution < -0.4 is 10.2 Å². The van der Waals surface area contributed by atoms with Crippen LogP contribution in [0.15, 0.2) is 41.2 Å². The molecule has 4 rings (SSSR count). The molecule has 3 heterocycles. The molecule has 1 aromatic carbocycles. The van der Waals surface area contributed by atoms with E-state index in [1.165, 1.54) is 19.3 Å². The van der Waals surface area contributed by atoms with E-state index in [1.54, 1.807) is 12.4 Å². The van der Waals surface area contributed by atoms with Gasteiger partial charge in [0.2, 0.25) is 11.9 Å². The van der Waals surface area contributed by atoms with Gasteiger partial charge in [-0.1, -0.05) is 17.3 Å². The van der Waals surface area contributed by atoms with Crippen molar-refractivity contribution < 1.29 is 9.32 Å². The Kier molecular flexibility index (Phi) is 4.28. The summed E-state index contributed by atoms with van der Waals surface area (Å²) in [6.45, 7) is 1.98. The minimum Gasteiger partial charge on any atom is -0.356 e. The van der Waals surface area contributed by atoms with Crippen molar-refractivity contribution in [1.82, 2.24) is 15.1 Å². The van der Waals surface area contributed by atoms with Crippen molar-refractivity contribution in [3.63, 3.8) is 0 Å². The van der Waals surface area contributed by atoms with E-state index in [-0.39, 0.29) is 12.3 Å². The first kappa shape index (κ1) is 15.6. The third-order valence-corrected chi connectivity index (χ3v) is 4.34. The Morgan fingerprint density at radius 1 is 1.12 bits per heavy atom. The molecule has 0 unspecified atom stereocenters. The monoisotopic (exact) mass is 337 g/mol. The summed E-state index contributed by atoms with van der Waals surface area (Å²) < 4.78 is 5.22. The molecular weight excluding hydrogens is 318 g/mol. The summed E-state index contributed by atoms with van der Waals surface area (Å²) in [5.41, 5.74) is 1.89. The SMILES string of the molecule is O=C(Cc1noc2ccccc12)Nc1cnc(N2CCCCC2)nc1. The summed E-state index contributed by atoms with van der Waals surface area (Å²) in [5.74, 6) is 0.550. The van der Waals surface area contributed by atoms with Gasteiger partial charge < -0.3 is 14.7 Å². The molecule has 0 atom stereocenters. The van der Waals surface area contributed by atoms with Gasteiger partial charge in [-0.25, -0.2) is 9.97 Å². The number of fused-ring (bicyclic) bond motifs is 1. The zero-order chi connectivity index (χ0) is 17.1. The molecule has 128 valence electrons. The van der Waals surface area contributed by atoms with E-state index in [4.69, 9.17) is 4.52 Å². The lowest BCUT2D eigenvalue weighted by Gasteiger charge is -2.26. The van der Waals surface area contributed by atoms with Gasteiger partial charge in [-0.15, -0.1) is 0 Å². The lowest BCUT2D eigenvalue weighted by Crippen LogP contribution is -2.30. The van der Waals surface area contributed by atoms with Gasteiger partial charge in [0.25, 0.3) is 0 Å². The van der Waals surface area contributed by atoms with Gasteiger partial charge in [0.05, 0.1) is 24.5 Å². The van der Waals surface area contributed by atoms with E-state index in [1.807, 2.05) is 24.3 Å². The number of para-hydroxylation sites is 1. The Balaban J connectivity index is 1.40. The van der Waals surface area contributed by atoms with Crippen LogP contribution in [-0.2, 0) is 11.2 Å². The molecule has 0 bridgehead atoms. The van der Waals surface area contributed by atoms with Crippen molar-refractivity contribution in [2.24, 2.45) is 0 Å². The van der Waals surface area contributed by atoms with Crippen molar-refractivity contribution in [2.45, 2.75) is 25.7 Å². The van der Waals surface area contributed by atoms with E-state index >= 15 is 0 Å². The minimum absolute atomic E-state index is 0.144. The van der Waals surface area contributed by atoms with Crippen molar-refractivity contribution in [1.29, 1.82) is 0 Å². The normalized spacial score (nSPS) is 14.6. The zero-order valence-corrected chi connectivity index (χ0v) is 13.8. The van der Waals surface area contributed by atoms with Gasteiger partial charge in [0.1, 0.15) is 5.69 Å². The van der Waals surface area contributed by atoms with Crippen LogP contribution in [0.5, 0.6) is 0 Å². The number of aromatic nitrogens is 3. The fraction of sp³-hybridized carbons (Fsp3) is 0.333. The van der Waals surface area contributed by atoms with Crippen LogP contribution >= 0.6 is 0 Å². The third-order valence-electron chi connectivity index (χ3n) is 4.34. The number of nitrogens with one attached hydrogen (secondary N) is 1. The molecule has 1 fully saturated rings. The number of nitrogens with zero attached hydrogens (tertiary/aromatic N) is 4. The van der Waals surface area contributed by atoms with Gasteiger partial charge in [-0.05, 0) is 31.4 Å². The first-order valence-corrected chi connectivity index (χ1v) is 8.50. The maximum absolute atomic E-state index is 12.3. The second-order valence-corrected chi connectivity index (χ2v) is 6.17. The highest BCUT2D eigenvalue weighted by Crippen LogP contribution is 2.19. The van der Waals surface area contributed by atoms with Gasteiger partial charge in [-0.3, -0.25) is 4.79 Å². The molecule has 1 aliphatic heterocycles. The number of carbonyl (C=O) groups excluding carboxylic acids is 1. The molecule has 1 amide bonds. The van der Waals surface area contributed by atoms with Gasteiger partial charge in [0, 0.05) is 18.5 Å². The third kappa shape index (κ3) is 3.45. The maximum atomic E-state index is 12.3. The Bertz CT molecular complexity index is 869. The summed E-state index contributed by atoms with van der Waals surface area (Å²) >= 11 is 0. The predicted octanol–water partition coefficient (Wildman–Crippen LogP) is 2.79. The smallest absolute Gasteiger partial charge is 0.230 e. The van der Waals surface area contributed by atoms with Crippen LogP contribution in [0.25, 0.3) is 11.0 Å². The molecule has 7 heteroatoms. The first-order valence-electron chi connectivity index (χ1n) is 8.50. The molecule has 0 saturated carbocycles. The van der Waals surface area contributed by atoms with E-state index in [9.17, 15) is 4.79 Å². The topological polar surface area (TPSA) is 84.2 Å². The standard InChI is InChI=1S/C18H19N5O2/c24-17(10-15-14-6-2-3-7-16(14)25-22-15)21-13-11-19-18(20-12-13)23-8-4-1-5-9-23/h2-3,6-7,11-12H,1,4-5,8-10H2,(H,21,24). The molecule has 1 saturated heterocycles. The van der Waals surface area contributed by atoms with Gasteiger partial charge in [-0.2, -0.15) is 0 Å². The zero-order valence-electron chi connectivity index (χ0n) is 13.8. The molecule has 0 radical (unpaired) electrons. The highest BCUT2D eigenvalue weighted by Gasteiger charge is 2.15. The molecule has 7 nitrogen and oxygen atoms in total. The number of anilines is 2. The van der Waals surface area contributed by atoms with Crippen LogP contribution in [0.1, 0.15) is 25.0 Å². The molecule has 2 aromatic heterocycles. The van der Waals surface area contributed by atoms with Gasteiger partial charge >= 0.3 is 0 Å². The number of hydrogen-bond donors (Lipinski definition) is 1. The Labute approximate surface area is 145 Å². The van der Waals surface area contributed by atoms with Crippen LogP contribution in [0, 0.1) is 0 Å². The Morgan fingerprint density at radius 2 is 1.88 bits per heavy atom. The number of rotatable bonds is 4. The van der Waals surface area contributed by atoms with Crippen molar-refractivity contribution >= 4 is 28.5 Å². The second-order valence-electron chi connectivity index (χ2n) is 6.17. The van der Waals surface area contributed by atoms with Crippen LogP contribution in [0.3, 0.4) is 0 Å². The lowest BCUT2D eigenvalue weighted by atomic mass is 10.1. The highest BCUT2D eigenvalue weighted by atomic mass is 16.5. The number of benzene rings is 1. The van der Waals surface area contributed by atoms with Crippen molar-refractivity contribution in [3.05, 3.63) is 42.4 Å². The van der Waals surface area contributed by atoms with Gasteiger partial charge in [0.15, 0.2) is 5.58 Å². The number of piperidine rings is 1.